The van der Waals surface area contributed by atoms with Crippen molar-refractivity contribution in [2.45, 2.75) is 78.2 Å². The van der Waals surface area contributed by atoms with Gasteiger partial charge in [0.25, 0.3) is 0 Å². The number of rotatable bonds is 9. The lowest BCUT2D eigenvalue weighted by molar-refractivity contribution is -0.129. The van der Waals surface area contributed by atoms with Crippen molar-refractivity contribution in [1.82, 2.24) is 15.5 Å². The van der Waals surface area contributed by atoms with Gasteiger partial charge in [-0.3, -0.25) is 9.79 Å². The second-order valence-corrected chi connectivity index (χ2v) is 8.35. The predicted octanol–water partition coefficient (Wildman–Crippen LogP) is 3.16. The lowest BCUT2D eigenvalue weighted by atomic mass is 9.64. The molecule has 1 saturated heterocycles. The first kappa shape index (κ1) is 20.1. The van der Waals surface area contributed by atoms with E-state index in [2.05, 4.69) is 41.3 Å². The quantitative estimate of drug-likeness (QED) is 0.496. The number of carbonyl (C=O) groups is 1. The molecule has 0 aromatic carbocycles. The van der Waals surface area contributed by atoms with Gasteiger partial charge in [-0.15, -0.1) is 0 Å². The van der Waals surface area contributed by atoms with Crippen LogP contribution in [0.25, 0.3) is 0 Å². The van der Waals surface area contributed by atoms with Crippen molar-refractivity contribution in [3.05, 3.63) is 0 Å². The maximum absolute atomic E-state index is 11.9. The van der Waals surface area contributed by atoms with E-state index in [9.17, 15) is 4.79 Å². The summed E-state index contributed by atoms with van der Waals surface area (Å²) < 4.78 is 0. The number of likely N-dealkylation sites (tertiary alicyclic amines) is 1. The highest BCUT2D eigenvalue weighted by Crippen LogP contribution is 2.45. The summed E-state index contributed by atoms with van der Waals surface area (Å²) in [5, 5.41) is 6.99. The first-order chi connectivity index (χ1) is 12.0. The summed E-state index contributed by atoms with van der Waals surface area (Å²) in [5.41, 5.74) is 0.472. The molecule has 1 heterocycles. The van der Waals surface area contributed by atoms with Crippen LogP contribution in [0.3, 0.4) is 0 Å². The van der Waals surface area contributed by atoms with E-state index in [0.29, 0.717) is 17.4 Å². The Morgan fingerprint density at radius 3 is 2.52 bits per heavy atom. The zero-order chi connectivity index (χ0) is 18.3. The van der Waals surface area contributed by atoms with Crippen LogP contribution < -0.4 is 10.6 Å². The zero-order valence-corrected chi connectivity index (χ0v) is 16.7. The van der Waals surface area contributed by atoms with Gasteiger partial charge >= 0.3 is 0 Å². The van der Waals surface area contributed by atoms with Gasteiger partial charge in [-0.1, -0.05) is 27.2 Å². The summed E-state index contributed by atoms with van der Waals surface area (Å²) in [6.07, 6.45) is 9.09. The van der Waals surface area contributed by atoms with Crippen LogP contribution in [0.15, 0.2) is 4.99 Å². The molecule has 1 unspecified atom stereocenters. The second-order valence-electron chi connectivity index (χ2n) is 8.35. The molecule has 2 aliphatic rings. The van der Waals surface area contributed by atoms with E-state index in [4.69, 9.17) is 0 Å². The number of carbonyl (C=O) groups excluding carboxylic acids is 1. The topological polar surface area (TPSA) is 56.7 Å². The number of guanidine groups is 1. The number of hydrogen-bond acceptors (Lipinski definition) is 2. The largest absolute Gasteiger partial charge is 0.356 e. The maximum Gasteiger partial charge on any atom is 0.222 e. The molecular formula is C20H38N4O. The predicted molar refractivity (Wildman–Crippen MR) is 105 cm³/mol. The van der Waals surface area contributed by atoms with Crippen LogP contribution in [-0.2, 0) is 4.79 Å². The molecule has 2 rings (SSSR count). The molecule has 0 radical (unpaired) electrons. The number of nitrogens with one attached hydrogen (secondary N) is 2. The van der Waals surface area contributed by atoms with Gasteiger partial charge in [0.05, 0.1) is 0 Å². The van der Waals surface area contributed by atoms with Crippen LogP contribution in [-0.4, -0.2) is 49.5 Å². The van der Waals surface area contributed by atoms with E-state index in [1.807, 2.05) is 7.05 Å². The summed E-state index contributed by atoms with van der Waals surface area (Å²) in [4.78, 5) is 18.4. The van der Waals surface area contributed by atoms with E-state index in [1.165, 1.54) is 25.7 Å². The Bertz CT molecular complexity index is 457. The first-order valence-corrected chi connectivity index (χ1v) is 10.2. The van der Waals surface area contributed by atoms with Crippen LogP contribution in [0.1, 0.15) is 72.1 Å². The van der Waals surface area contributed by atoms with Crippen molar-refractivity contribution >= 4 is 11.9 Å². The van der Waals surface area contributed by atoms with Gasteiger partial charge in [-0.05, 0) is 49.9 Å². The highest BCUT2D eigenvalue weighted by atomic mass is 16.2. The minimum atomic E-state index is 0.329. The van der Waals surface area contributed by atoms with Crippen LogP contribution in [0.5, 0.6) is 0 Å². The van der Waals surface area contributed by atoms with Gasteiger partial charge < -0.3 is 15.5 Å². The van der Waals surface area contributed by atoms with Crippen LogP contribution in [0.4, 0.5) is 0 Å². The summed E-state index contributed by atoms with van der Waals surface area (Å²) >= 11 is 0. The zero-order valence-electron chi connectivity index (χ0n) is 16.7. The van der Waals surface area contributed by atoms with Crippen molar-refractivity contribution in [1.29, 1.82) is 0 Å². The summed E-state index contributed by atoms with van der Waals surface area (Å²) in [6.45, 7) is 9.62. The Morgan fingerprint density at radius 2 is 2.04 bits per heavy atom. The Labute approximate surface area is 154 Å². The third kappa shape index (κ3) is 5.61. The smallest absolute Gasteiger partial charge is 0.222 e. The Balaban J connectivity index is 1.73. The molecule has 1 aliphatic heterocycles. The summed E-state index contributed by atoms with van der Waals surface area (Å²) in [5.74, 6) is 1.98. The van der Waals surface area contributed by atoms with Crippen molar-refractivity contribution in [2.75, 3.05) is 26.7 Å². The fraction of sp³-hybridized carbons (Fsp3) is 0.900. The molecule has 5 heteroatoms. The fourth-order valence-electron chi connectivity index (χ4n) is 4.48. The second kappa shape index (κ2) is 9.44. The van der Waals surface area contributed by atoms with Crippen LogP contribution in [0, 0.1) is 11.3 Å². The Morgan fingerprint density at radius 1 is 1.28 bits per heavy atom. The van der Waals surface area contributed by atoms with Crippen molar-refractivity contribution in [3.8, 4) is 0 Å². The molecule has 25 heavy (non-hydrogen) atoms. The van der Waals surface area contributed by atoms with Crippen molar-refractivity contribution in [3.63, 3.8) is 0 Å². The van der Waals surface area contributed by atoms with E-state index in [-0.39, 0.29) is 0 Å². The third-order valence-electron chi connectivity index (χ3n) is 5.90. The lowest BCUT2D eigenvalue weighted by Gasteiger charge is -2.43. The van der Waals surface area contributed by atoms with Gasteiger partial charge in [0.15, 0.2) is 5.96 Å². The van der Waals surface area contributed by atoms with Gasteiger partial charge in [-0.2, -0.15) is 0 Å². The van der Waals surface area contributed by atoms with Gasteiger partial charge in [-0.25, -0.2) is 0 Å². The molecule has 0 aromatic rings. The molecule has 144 valence electrons. The van der Waals surface area contributed by atoms with Gasteiger partial charge in [0, 0.05) is 39.1 Å². The fourth-order valence-corrected chi connectivity index (χ4v) is 4.48. The lowest BCUT2D eigenvalue weighted by Crippen LogP contribution is -2.47. The van der Waals surface area contributed by atoms with E-state index < -0.39 is 0 Å². The SMILES string of the molecule is CCC(CCNC(=NC)NCC1(CC(C)C)CCC1)N1CCCC1=O. The van der Waals surface area contributed by atoms with Crippen molar-refractivity contribution < 1.29 is 4.79 Å². The molecule has 1 saturated carbocycles. The van der Waals surface area contributed by atoms with Gasteiger partial charge in [0.1, 0.15) is 0 Å². The number of hydrogen-bond donors (Lipinski definition) is 2. The third-order valence-corrected chi connectivity index (χ3v) is 5.90. The molecule has 0 bridgehead atoms. The van der Waals surface area contributed by atoms with Crippen molar-refractivity contribution in [2.24, 2.45) is 16.3 Å². The molecule has 2 fully saturated rings. The van der Waals surface area contributed by atoms with E-state index in [0.717, 1.165) is 57.2 Å². The molecule has 1 amide bonds. The monoisotopic (exact) mass is 350 g/mol. The average Bonchev–Trinajstić information content (AvgIpc) is 2.97. The summed E-state index contributed by atoms with van der Waals surface area (Å²) in [7, 11) is 1.84. The van der Waals surface area contributed by atoms with Gasteiger partial charge in [0.2, 0.25) is 5.91 Å². The highest BCUT2D eigenvalue weighted by Gasteiger charge is 2.37. The minimum Gasteiger partial charge on any atom is -0.356 e. The first-order valence-electron chi connectivity index (χ1n) is 10.2. The van der Waals surface area contributed by atoms with E-state index in [1.54, 1.807) is 0 Å². The molecular weight excluding hydrogens is 312 g/mol. The standard InChI is InChI=1S/C20H38N4O/c1-5-17(24-13-6-8-18(24)25)9-12-22-19(21-4)23-15-20(10-7-11-20)14-16(2)3/h16-17H,5-15H2,1-4H3,(H2,21,22,23). The van der Waals surface area contributed by atoms with Crippen LogP contribution >= 0.6 is 0 Å². The average molecular weight is 351 g/mol. The number of nitrogens with zero attached hydrogens (tertiary/aromatic N) is 2. The maximum atomic E-state index is 11.9. The molecule has 1 atom stereocenters. The molecule has 0 aromatic heterocycles. The normalized spacial score (nSPS) is 21.4. The molecule has 0 spiro atoms. The number of amides is 1. The highest BCUT2D eigenvalue weighted by molar-refractivity contribution is 5.80. The number of aliphatic imine (C=N–C) groups is 1. The molecule has 1 aliphatic carbocycles. The summed E-state index contributed by atoms with van der Waals surface area (Å²) in [6, 6.07) is 0.361. The Kier molecular flexibility index (Phi) is 7.57. The van der Waals surface area contributed by atoms with E-state index >= 15 is 0 Å². The Hall–Kier alpha value is -1.26. The molecule has 2 N–H and O–H groups in total. The minimum absolute atomic E-state index is 0.329. The molecule has 5 nitrogen and oxygen atoms in total. The van der Waals surface area contributed by atoms with Crippen LogP contribution in [0.2, 0.25) is 0 Å².